The molecule has 4 heteroatoms. The lowest BCUT2D eigenvalue weighted by atomic mass is 10.5. The van der Waals surface area contributed by atoms with Crippen molar-refractivity contribution in [3.8, 4) is 0 Å². The second kappa shape index (κ2) is 5.94. The molecule has 0 bridgehead atoms. The summed E-state index contributed by atoms with van der Waals surface area (Å²) in [4.78, 5) is 11.0. The van der Waals surface area contributed by atoms with Gasteiger partial charge in [-0.25, -0.2) is 0 Å². The normalized spacial score (nSPS) is 11.4. The van der Waals surface area contributed by atoms with Gasteiger partial charge in [-0.3, -0.25) is 4.79 Å². The summed E-state index contributed by atoms with van der Waals surface area (Å²) >= 11 is 0. The number of rotatable bonds is 6. The van der Waals surface area contributed by atoms with Gasteiger partial charge in [-0.15, -0.1) is 0 Å². The van der Waals surface area contributed by atoms with Crippen LogP contribution in [0.15, 0.2) is 0 Å². The maximum atomic E-state index is 11.0. The Morgan fingerprint density at radius 1 is 1.23 bits per heavy atom. The molecule has 0 saturated carbocycles. The summed E-state index contributed by atoms with van der Waals surface area (Å²) in [6.45, 7) is 9.55. The molecule has 0 aromatic heterocycles. The summed E-state index contributed by atoms with van der Waals surface area (Å²) in [6, 6.07) is 0. The number of esters is 1. The highest BCUT2D eigenvalue weighted by molar-refractivity contribution is 5.69. The Hall–Kier alpha value is -0.610. The van der Waals surface area contributed by atoms with Crippen molar-refractivity contribution in [3.05, 3.63) is 6.92 Å². The standard InChI is InChI=1S/C9H17O4/c1-5-8(10)13-9(4,11-6-2)12-7-3/h4-7H2,1-3H3. The van der Waals surface area contributed by atoms with E-state index in [1.54, 1.807) is 20.8 Å². The fraction of sp³-hybridized carbons (Fsp3) is 0.778. The van der Waals surface area contributed by atoms with Crippen molar-refractivity contribution < 1.29 is 19.0 Å². The smallest absolute Gasteiger partial charge is 0.329 e. The molecule has 0 fully saturated rings. The molecule has 0 aliphatic heterocycles. The quantitative estimate of drug-likeness (QED) is 0.469. The summed E-state index contributed by atoms with van der Waals surface area (Å²) in [6.07, 6.45) is 0.275. The monoisotopic (exact) mass is 189 g/mol. The van der Waals surface area contributed by atoms with E-state index in [-0.39, 0.29) is 6.42 Å². The van der Waals surface area contributed by atoms with Crippen molar-refractivity contribution in [1.29, 1.82) is 0 Å². The highest BCUT2D eigenvalue weighted by Crippen LogP contribution is 2.14. The van der Waals surface area contributed by atoms with Crippen molar-refractivity contribution >= 4 is 5.97 Å². The number of hydrogen-bond acceptors (Lipinski definition) is 4. The molecule has 1 radical (unpaired) electrons. The lowest BCUT2D eigenvalue weighted by Crippen LogP contribution is -2.38. The minimum atomic E-state index is -1.48. The Bertz CT molecular complexity index is 150. The highest BCUT2D eigenvalue weighted by atomic mass is 16.9. The Morgan fingerprint density at radius 2 is 1.69 bits per heavy atom. The molecular formula is C9H17O4. The average molecular weight is 189 g/mol. The number of hydrogen-bond donors (Lipinski definition) is 0. The van der Waals surface area contributed by atoms with Crippen LogP contribution in [0.25, 0.3) is 0 Å². The molecule has 0 aromatic rings. The van der Waals surface area contributed by atoms with Crippen LogP contribution in [0.1, 0.15) is 27.2 Å². The summed E-state index contributed by atoms with van der Waals surface area (Å²) < 4.78 is 15.0. The first-order valence-electron chi connectivity index (χ1n) is 4.43. The van der Waals surface area contributed by atoms with Gasteiger partial charge < -0.3 is 14.2 Å². The third-order valence-electron chi connectivity index (χ3n) is 1.29. The topological polar surface area (TPSA) is 44.8 Å². The van der Waals surface area contributed by atoms with Gasteiger partial charge in [0.15, 0.2) is 0 Å². The van der Waals surface area contributed by atoms with E-state index < -0.39 is 11.9 Å². The fourth-order valence-corrected chi connectivity index (χ4v) is 0.786. The zero-order valence-corrected chi connectivity index (χ0v) is 8.46. The van der Waals surface area contributed by atoms with Gasteiger partial charge in [-0.05, 0) is 13.8 Å². The van der Waals surface area contributed by atoms with E-state index in [1.807, 2.05) is 0 Å². The van der Waals surface area contributed by atoms with Gasteiger partial charge in [-0.2, -0.15) is 0 Å². The lowest BCUT2D eigenvalue weighted by molar-refractivity contribution is -0.332. The van der Waals surface area contributed by atoms with Crippen LogP contribution in [0.4, 0.5) is 0 Å². The van der Waals surface area contributed by atoms with Crippen LogP contribution in [0.2, 0.25) is 0 Å². The second-order valence-electron chi connectivity index (χ2n) is 2.38. The van der Waals surface area contributed by atoms with E-state index in [1.165, 1.54) is 0 Å². The molecule has 0 amide bonds. The molecule has 0 spiro atoms. The summed E-state index contributed by atoms with van der Waals surface area (Å²) in [7, 11) is 0. The van der Waals surface area contributed by atoms with Crippen molar-refractivity contribution in [2.24, 2.45) is 0 Å². The first-order valence-corrected chi connectivity index (χ1v) is 4.43. The first kappa shape index (κ1) is 12.4. The maximum Gasteiger partial charge on any atom is 0.329 e. The SMILES string of the molecule is [CH2]C(OCC)(OCC)OC(=O)CC. The second-order valence-corrected chi connectivity index (χ2v) is 2.38. The van der Waals surface area contributed by atoms with Crippen molar-refractivity contribution in [2.75, 3.05) is 13.2 Å². The molecule has 0 aliphatic carbocycles. The summed E-state index contributed by atoms with van der Waals surface area (Å²) in [5.41, 5.74) is 0. The van der Waals surface area contributed by atoms with Gasteiger partial charge in [0, 0.05) is 6.42 Å². The predicted octanol–water partition coefficient (Wildman–Crippen LogP) is 1.50. The van der Waals surface area contributed by atoms with E-state index in [4.69, 9.17) is 14.2 Å². The largest absolute Gasteiger partial charge is 0.408 e. The minimum absolute atomic E-state index is 0.275. The van der Waals surface area contributed by atoms with Crippen LogP contribution in [0.5, 0.6) is 0 Å². The van der Waals surface area contributed by atoms with E-state index in [0.29, 0.717) is 13.2 Å². The molecule has 0 N–H and O–H groups in total. The number of carbonyl (C=O) groups excluding carboxylic acids is 1. The fourth-order valence-electron chi connectivity index (χ4n) is 0.786. The molecule has 0 atom stereocenters. The third-order valence-corrected chi connectivity index (χ3v) is 1.29. The van der Waals surface area contributed by atoms with Crippen LogP contribution in [0.3, 0.4) is 0 Å². The molecule has 0 heterocycles. The van der Waals surface area contributed by atoms with Crippen LogP contribution >= 0.6 is 0 Å². The minimum Gasteiger partial charge on any atom is -0.408 e. The molecule has 0 saturated heterocycles. The molecule has 13 heavy (non-hydrogen) atoms. The zero-order chi connectivity index (χ0) is 10.3. The summed E-state index contributed by atoms with van der Waals surface area (Å²) in [5.74, 6) is -1.87. The Balaban J connectivity index is 4.13. The van der Waals surface area contributed by atoms with Gasteiger partial charge in [-0.1, -0.05) is 6.92 Å². The molecule has 0 rings (SSSR count). The summed E-state index contributed by atoms with van der Waals surface area (Å²) in [5, 5.41) is 0. The zero-order valence-electron chi connectivity index (χ0n) is 8.46. The predicted molar refractivity (Wildman–Crippen MR) is 47.7 cm³/mol. The molecule has 77 valence electrons. The number of carbonyl (C=O) groups is 1. The van der Waals surface area contributed by atoms with Gasteiger partial charge in [0.1, 0.15) is 0 Å². The molecule has 0 aromatic carbocycles. The highest BCUT2D eigenvalue weighted by Gasteiger charge is 2.29. The first-order chi connectivity index (χ1) is 6.08. The Kier molecular flexibility index (Phi) is 5.66. The van der Waals surface area contributed by atoms with Gasteiger partial charge in [0.05, 0.1) is 20.1 Å². The van der Waals surface area contributed by atoms with E-state index in [0.717, 1.165) is 0 Å². The molecule has 0 aliphatic rings. The third kappa shape index (κ3) is 4.85. The Morgan fingerprint density at radius 3 is 2.00 bits per heavy atom. The molecule has 0 unspecified atom stereocenters. The van der Waals surface area contributed by atoms with E-state index >= 15 is 0 Å². The van der Waals surface area contributed by atoms with E-state index in [2.05, 4.69) is 6.92 Å². The van der Waals surface area contributed by atoms with Crippen molar-refractivity contribution in [2.45, 2.75) is 33.2 Å². The molecule has 4 nitrogen and oxygen atoms in total. The van der Waals surface area contributed by atoms with Gasteiger partial charge in [0.25, 0.3) is 0 Å². The number of ether oxygens (including phenoxy) is 3. The average Bonchev–Trinajstić information content (AvgIpc) is 2.04. The lowest BCUT2D eigenvalue weighted by Gasteiger charge is -2.27. The van der Waals surface area contributed by atoms with Crippen molar-refractivity contribution in [1.82, 2.24) is 0 Å². The van der Waals surface area contributed by atoms with Crippen LogP contribution in [-0.4, -0.2) is 25.2 Å². The van der Waals surface area contributed by atoms with Crippen LogP contribution in [-0.2, 0) is 19.0 Å². The van der Waals surface area contributed by atoms with Crippen LogP contribution in [0, 0.1) is 6.92 Å². The Labute approximate surface area is 79.2 Å². The van der Waals surface area contributed by atoms with Crippen LogP contribution < -0.4 is 0 Å². The molecular weight excluding hydrogens is 172 g/mol. The van der Waals surface area contributed by atoms with E-state index in [9.17, 15) is 4.79 Å². The van der Waals surface area contributed by atoms with Gasteiger partial charge >= 0.3 is 11.9 Å². The van der Waals surface area contributed by atoms with Gasteiger partial charge in [0.2, 0.25) is 0 Å². The maximum absolute atomic E-state index is 11.0. The van der Waals surface area contributed by atoms with Crippen molar-refractivity contribution in [3.63, 3.8) is 0 Å².